The molecule has 0 saturated carbocycles. The van der Waals surface area contributed by atoms with Gasteiger partial charge in [-0.3, -0.25) is 4.79 Å². The molecule has 1 N–H and O–H groups in total. The number of amides is 1. The molecule has 2 aromatic rings. The van der Waals surface area contributed by atoms with Crippen LogP contribution in [-0.2, 0) is 14.3 Å². The summed E-state index contributed by atoms with van der Waals surface area (Å²) in [5, 5.41) is 2.86. The number of carbonyl (C=O) groups is 2. The van der Waals surface area contributed by atoms with Crippen LogP contribution in [0.4, 0.5) is 0 Å². The summed E-state index contributed by atoms with van der Waals surface area (Å²) in [7, 11) is 0. The molecule has 1 amide bonds. The van der Waals surface area contributed by atoms with E-state index in [4.69, 9.17) is 4.74 Å². The molecule has 2 aromatic carbocycles. The van der Waals surface area contributed by atoms with Gasteiger partial charge in [0.15, 0.2) is 0 Å². The molecule has 0 spiro atoms. The van der Waals surface area contributed by atoms with E-state index in [0.717, 1.165) is 16.7 Å². The molecule has 128 valence electrons. The number of esters is 1. The van der Waals surface area contributed by atoms with Gasteiger partial charge in [-0.15, -0.1) is 0 Å². The second-order valence-electron chi connectivity index (χ2n) is 7.10. The Kier molecular flexibility index (Phi) is 4.45. The molecule has 0 radical (unpaired) electrons. The molecule has 1 aliphatic heterocycles. The van der Waals surface area contributed by atoms with E-state index in [-0.39, 0.29) is 5.91 Å². The Labute approximate surface area is 147 Å². The normalized spacial score (nSPS) is 17.0. The standard InChI is InChI=1S/C21H21NO3/c1-21(2,3)22-20(24)19-17(13-18(23)25-19)16-11-9-15(10-12-16)14-7-5-4-6-8-14/h4-13,19H,1-3H3,(H,22,24). The maximum absolute atomic E-state index is 12.4. The number of ether oxygens (including phenoxy) is 1. The second-order valence-corrected chi connectivity index (χ2v) is 7.10. The highest BCUT2D eigenvalue weighted by atomic mass is 16.6. The first kappa shape index (κ1) is 17.0. The zero-order chi connectivity index (χ0) is 18.0. The van der Waals surface area contributed by atoms with Crippen molar-refractivity contribution in [2.75, 3.05) is 0 Å². The number of benzene rings is 2. The molecule has 4 heteroatoms. The molecule has 0 aromatic heterocycles. The number of carbonyl (C=O) groups excluding carboxylic acids is 2. The smallest absolute Gasteiger partial charge is 0.332 e. The quantitative estimate of drug-likeness (QED) is 0.872. The van der Waals surface area contributed by atoms with Crippen LogP contribution in [0.1, 0.15) is 26.3 Å². The molecule has 0 fully saturated rings. The number of rotatable bonds is 3. The molecule has 0 saturated heterocycles. The van der Waals surface area contributed by atoms with E-state index in [1.807, 2.05) is 75.4 Å². The first-order chi connectivity index (χ1) is 11.8. The van der Waals surface area contributed by atoms with Crippen LogP contribution in [0.3, 0.4) is 0 Å². The fourth-order valence-corrected chi connectivity index (χ4v) is 2.77. The number of nitrogens with one attached hydrogen (secondary N) is 1. The van der Waals surface area contributed by atoms with Crippen molar-refractivity contribution in [2.45, 2.75) is 32.4 Å². The second kappa shape index (κ2) is 6.55. The zero-order valence-electron chi connectivity index (χ0n) is 14.6. The number of hydrogen-bond acceptors (Lipinski definition) is 3. The van der Waals surface area contributed by atoms with Crippen LogP contribution in [0.5, 0.6) is 0 Å². The highest BCUT2D eigenvalue weighted by Crippen LogP contribution is 2.29. The Morgan fingerprint density at radius 3 is 2.08 bits per heavy atom. The van der Waals surface area contributed by atoms with Crippen LogP contribution >= 0.6 is 0 Å². The van der Waals surface area contributed by atoms with Crippen LogP contribution in [0, 0.1) is 0 Å². The lowest BCUT2D eigenvalue weighted by Gasteiger charge is -2.23. The fraction of sp³-hybridized carbons (Fsp3) is 0.238. The lowest BCUT2D eigenvalue weighted by Crippen LogP contribution is -2.46. The average Bonchev–Trinajstić information content (AvgIpc) is 2.96. The molecule has 1 atom stereocenters. The van der Waals surface area contributed by atoms with E-state index < -0.39 is 17.6 Å². The van der Waals surface area contributed by atoms with Gasteiger partial charge >= 0.3 is 5.97 Å². The van der Waals surface area contributed by atoms with Crippen molar-refractivity contribution in [3.63, 3.8) is 0 Å². The van der Waals surface area contributed by atoms with E-state index in [9.17, 15) is 9.59 Å². The van der Waals surface area contributed by atoms with Gasteiger partial charge < -0.3 is 10.1 Å². The van der Waals surface area contributed by atoms with Crippen molar-refractivity contribution < 1.29 is 14.3 Å². The maximum Gasteiger partial charge on any atom is 0.332 e. The van der Waals surface area contributed by atoms with Crippen molar-refractivity contribution in [3.05, 3.63) is 66.2 Å². The van der Waals surface area contributed by atoms with Gasteiger partial charge in [-0.25, -0.2) is 4.79 Å². The predicted molar refractivity (Wildman–Crippen MR) is 97.6 cm³/mol. The molecule has 1 aliphatic rings. The van der Waals surface area contributed by atoms with Gasteiger partial charge in [-0.05, 0) is 37.5 Å². The molecule has 0 bridgehead atoms. The van der Waals surface area contributed by atoms with Crippen LogP contribution < -0.4 is 5.32 Å². The zero-order valence-corrected chi connectivity index (χ0v) is 14.6. The van der Waals surface area contributed by atoms with Crippen molar-refractivity contribution in [1.29, 1.82) is 0 Å². The average molecular weight is 335 g/mol. The summed E-state index contributed by atoms with van der Waals surface area (Å²) in [5.41, 5.74) is 3.19. The molecular formula is C21H21NO3. The van der Waals surface area contributed by atoms with Crippen molar-refractivity contribution in [3.8, 4) is 11.1 Å². The SMILES string of the molecule is CC(C)(C)NC(=O)C1OC(=O)C=C1c1ccc(-c2ccccc2)cc1. The molecule has 25 heavy (non-hydrogen) atoms. The van der Waals surface area contributed by atoms with Crippen molar-refractivity contribution in [1.82, 2.24) is 5.32 Å². The third-order valence-corrected chi connectivity index (χ3v) is 3.85. The Balaban J connectivity index is 1.85. The van der Waals surface area contributed by atoms with Crippen LogP contribution in [0.2, 0.25) is 0 Å². The summed E-state index contributed by atoms with van der Waals surface area (Å²) < 4.78 is 5.21. The number of cyclic esters (lactones) is 1. The molecule has 1 unspecified atom stereocenters. The lowest BCUT2D eigenvalue weighted by atomic mass is 9.97. The first-order valence-corrected chi connectivity index (χ1v) is 8.23. The van der Waals surface area contributed by atoms with Crippen LogP contribution in [0.25, 0.3) is 16.7 Å². The van der Waals surface area contributed by atoms with E-state index in [2.05, 4.69) is 5.32 Å². The Morgan fingerprint density at radius 1 is 0.920 bits per heavy atom. The minimum Gasteiger partial charge on any atom is -0.444 e. The maximum atomic E-state index is 12.4. The summed E-state index contributed by atoms with van der Waals surface area (Å²) in [6, 6.07) is 17.8. The third-order valence-electron chi connectivity index (χ3n) is 3.85. The summed E-state index contributed by atoms with van der Waals surface area (Å²) in [4.78, 5) is 24.2. The summed E-state index contributed by atoms with van der Waals surface area (Å²) in [6.07, 6.45) is 0.485. The van der Waals surface area contributed by atoms with Gasteiger partial charge in [0.05, 0.1) is 0 Å². The van der Waals surface area contributed by atoms with E-state index in [1.54, 1.807) is 0 Å². The fourth-order valence-electron chi connectivity index (χ4n) is 2.77. The van der Waals surface area contributed by atoms with E-state index in [1.165, 1.54) is 6.08 Å². The van der Waals surface area contributed by atoms with E-state index >= 15 is 0 Å². The van der Waals surface area contributed by atoms with Gasteiger partial charge in [0.1, 0.15) is 0 Å². The van der Waals surface area contributed by atoms with Crippen LogP contribution in [0.15, 0.2) is 60.7 Å². The highest BCUT2D eigenvalue weighted by Gasteiger charge is 2.34. The largest absolute Gasteiger partial charge is 0.444 e. The number of hydrogen-bond donors (Lipinski definition) is 1. The van der Waals surface area contributed by atoms with Crippen LogP contribution in [-0.4, -0.2) is 23.5 Å². The molecule has 4 nitrogen and oxygen atoms in total. The summed E-state index contributed by atoms with van der Waals surface area (Å²) in [6.45, 7) is 5.67. The highest BCUT2D eigenvalue weighted by molar-refractivity contribution is 6.07. The van der Waals surface area contributed by atoms with Gasteiger partial charge in [0, 0.05) is 17.2 Å². The molecule has 1 heterocycles. The first-order valence-electron chi connectivity index (χ1n) is 8.23. The lowest BCUT2D eigenvalue weighted by molar-refractivity contribution is -0.146. The topological polar surface area (TPSA) is 55.4 Å². The van der Waals surface area contributed by atoms with E-state index in [0.29, 0.717) is 5.57 Å². The molecule has 3 rings (SSSR count). The monoisotopic (exact) mass is 335 g/mol. The Bertz CT molecular complexity index is 814. The van der Waals surface area contributed by atoms with Crippen molar-refractivity contribution >= 4 is 17.4 Å². The minimum absolute atomic E-state index is 0.309. The van der Waals surface area contributed by atoms with Gasteiger partial charge in [0.25, 0.3) is 5.91 Å². The predicted octanol–water partition coefficient (Wildman–Crippen LogP) is 3.58. The van der Waals surface area contributed by atoms with Gasteiger partial charge in [-0.2, -0.15) is 0 Å². The summed E-state index contributed by atoms with van der Waals surface area (Å²) in [5.74, 6) is -0.798. The summed E-state index contributed by atoms with van der Waals surface area (Å²) >= 11 is 0. The minimum atomic E-state index is -0.908. The molecular weight excluding hydrogens is 314 g/mol. The third kappa shape index (κ3) is 3.97. The van der Waals surface area contributed by atoms with Gasteiger partial charge in [-0.1, -0.05) is 54.6 Å². The Hall–Kier alpha value is -2.88. The van der Waals surface area contributed by atoms with Crippen molar-refractivity contribution in [2.24, 2.45) is 0 Å². The van der Waals surface area contributed by atoms with Gasteiger partial charge in [0.2, 0.25) is 6.10 Å². The Morgan fingerprint density at radius 2 is 1.48 bits per heavy atom. The molecule has 0 aliphatic carbocycles.